The molecule has 1 aromatic carbocycles. The van der Waals surface area contributed by atoms with E-state index in [-0.39, 0.29) is 17.2 Å². The van der Waals surface area contributed by atoms with Crippen LogP contribution in [0.4, 0.5) is 0 Å². The summed E-state index contributed by atoms with van der Waals surface area (Å²) in [6, 6.07) is 5.18. The molecule has 1 N–H and O–H groups in total. The highest BCUT2D eigenvalue weighted by Gasteiger charge is 2.22. The molecule has 4 rings (SSSR count). The second kappa shape index (κ2) is 9.30. The largest absolute Gasteiger partial charge is 0.351 e. The summed E-state index contributed by atoms with van der Waals surface area (Å²) in [5, 5.41) is 5.30. The molecule has 2 heterocycles. The highest BCUT2D eigenvalue weighted by atomic mass is 35.5. The van der Waals surface area contributed by atoms with Gasteiger partial charge in [0.1, 0.15) is 4.83 Å². The molecule has 0 fully saturated rings. The summed E-state index contributed by atoms with van der Waals surface area (Å²) >= 11 is 15.0. The number of thiophene rings is 1. The van der Waals surface area contributed by atoms with Gasteiger partial charge in [-0.2, -0.15) is 0 Å². The van der Waals surface area contributed by atoms with Crippen molar-refractivity contribution in [3.8, 4) is 0 Å². The van der Waals surface area contributed by atoms with E-state index in [0.29, 0.717) is 28.3 Å². The number of benzene rings is 1. The molecule has 0 bridgehead atoms. The van der Waals surface area contributed by atoms with Crippen molar-refractivity contribution in [2.24, 2.45) is 0 Å². The van der Waals surface area contributed by atoms with Crippen LogP contribution in [0.2, 0.25) is 10.0 Å². The molecule has 0 aliphatic heterocycles. The summed E-state index contributed by atoms with van der Waals surface area (Å²) in [5.41, 5.74) is 2.00. The van der Waals surface area contributed by atoms with Gasteiger partial charge in [-0.1, -0.05) is 41.0 Å². The molecule has 0 atom stereocenters. The molecule has 0 unspecified atom stereocenters. The summed E-state index contributed by atoms with van der Waals surface area (Å²) in [7, 11) is 0. The molecule has 0 spiro atoms. The molecule has 0 saturated heterocycles. The standard InChI is InChI=1S/C21H21Cl2N3O2S2/c1-2-26-20(28)18-14-5-3-4-6-16(14)30-19(18)25-21(26)29-11-17(27)24-10-12-7-8-13(22)9-15(12)23/h7-9H,2-6,10-11H2,1H3,(H,24,27). The average molecular weight is 482 g/mol. The van der Waals surface area contributed by atoms with Gasteiger partial charge in [-0.3, -0.25) is 14.2 Å². The highest BCUT2D eigenvalue weighted by molar-refractivity contribution is 7.99. The van der Waals surface area contributed by atoms with E-state index in [1.54, 1.807) is 34.1 Å². The molecule has 3 aromatic rings. The Balaban J connectivity index is 1.49. The van der Waals surface area contributed by atoms with Crippen LogP contribution in [0.15, 0.2) is 28.2 Å². The van der Waals surface area contributed by atoms with E-state index in [0.717, 1.165) is 35.0 Å². The predicted octanol–water partition coefficient (Wildman–Crippen LogP) is 5.07. The van der Waals surface area contributed by atoms with Gasteiger partial charge in [-0.25, -0.2) is 4.98 Å². The lowest BCUT2D eigenvalue weighted by molar-refractivity contribution is -0.118. The van der Waals surface area contributed by atoms with Crippen molar-refractivity contribution in [3.05, 3.63) is 54.6 Å². The number of hydrogen-bond donors (Lipinski definition) is 1. The first-order chi connectivity index (χ1) is 14.5. The normalized spacial score (nSPS) is 13.4. The van der Waals surface area contributed by atoms with E-state index in [1.165, 1.54) is 28.6 Å². The molecule has 2 aromatic heterocycles. The van der Waals surface area contributed by atoms with E-state index < -0.39 is 0 Å². The van der Waals surface area contributed by atoms with Crippen LogP contribution in [0.25, 0.3) is 10.2 Å². The van der Waals surface area contributed by atoms with Crippen molar-refractivity contribution < 1.29 is 4.79 Å². The van der Waals surface area contributed by atoms with Gasteiger partial charge in [0.2, 0.25) is 5.91 Å². The van der Waals surface area contributed by atoms with E-state index in [9.17, 15) is 9.59 Å². The van der Waals surface area contributed by atoms with Crippen LogP contribution >= 0.6 is 46.3 Å². The summed E-state index contributed by atoms with van der Waals surface area (Å²) in [4.78, 5) is 32.3. The Morgan fingerprint density at radius 1 is 1.30 bits per heavy atom. The minimum absolute atomic E-state index is 0.0118. The summed E-state index contributed by atoms with van der Waals surface area (Å²) in [6.45, 7) is 2.78. The molecule has 0 saturated carbocycles. The summed E-state index contributed by atoms with van der Waals surface area (Å²) in [5.74, 6) is 0.0299. The summed E-state index contributed by atoms with van der Waals surface area (Å²) in [6.07, 6.45) is 4.28. The van der Waals surface area contributed by atoms with Gasteiger partial charge < -0.3 is 5.32 Å². The zero-order valence-corrected chi connectivity index (χ0v) is 19.6. The monoisotopic (exact) mass is 481 g/mol. The SMILES string of the molecule is CCn1c(SCC(=O)NCc2ccc(Cl)cc2Cl)nc2sc3c(c2c1=O)CCCC3. The number of rotatable bonds is 6. The number of nitrogens with one attached hydrogen (secondary N) is 1. The predicted molar refractivity (Wildman–Crippen MR) is 125 cm³/mol. The van der Waals surface area contributed by atoms with E-state index in [2.05, 4.69) is 5.32 Å². The molecular weight excluding hydrogens is 461 g/mol. The number of carbonyl (C=O) groups is 1. The van der Waals surface area contributed by atoms with E-state index in [1.807, 2.05) is 6.92 Å². The lowest BCUT2D eigenvalue weighted by Gasteiger charge is -2.12. The number of halogens is 2. The lowest BCUT2D eigenvalue weighted by Crippen LogP contribution is -2.26. The van der Waals surface area contributed by atoms with Gasteiger partial charge in [0.15, 0.2) is 5.16 Å². The van der Waals surface area contributed by atoms with Crippen LogP contribution < -0.4 is 10.9 Å². The number of hydrogen-bond acceptors (Lipinski definition) is 5. The van der Waals surface area contributed by atoms with Gasteiger partial charge in [0.05, 0.1) is 11.1 Å². The minimum atomic E-state index is -0.145. The quantitative estimate of drug-likeness (QED) is 0.394. The third-order valence-corrected chi connectivity index (χ3v) is 7.93. The fourth-order valence-electron chi connectivity index (χ4n) is 3.65. The smallest absolute Gasteiger partial charge is 0.263 e. The van der Waals surface area contributed by atoms with Crippen LogP contribution in [0.1, 0.15) is 35.8 Å². The molecular formula is C21H21Cl2N3O2S2. The maximum atomic E-state index is 13.1. The van der Waals surface area contributed by atoms with Crippen molar-refractivity contribution in [2.75, 3.05) is 5.75 Å². The fraction of sp³-hybridized carbons (Fsp3) is 0.381. The number of thioether (sulfide) groups is 1. The number of carbonyl (C=O) groups excluding carboxylic acids is 1. The Bertz CT molecular complexity index is 1170. The second-order valence-electron chi connectivity index (χ2n) is 7.14. The number of aryl methyl sites for hydroxylation is 2. The molecule has 158 valence electrons. The van der Waals surface area contributed by atoms with Crippen molar-refractivity contribution in [2.45, 2.75) is 50.9 Å². The number of aromatic nitrogens is 2. The van der Waals surface area contributed by atoms with Crippen molar-refractivity contribution in [1.82, 2.24) is 14.9 Å². The van der Waals surface area contributed by atoms with Gasteiger partial charge in [-0.15, -0.1) is 11.3 Å². The Morgan fingerprint density at radius 3 is 2.87 bits per heavy atom. The lowest BCUT2D eigenvalue weighted by atomic mass is 9.97. The minimum Gasteiger partial charge on any atom is -0.351 e. The molecule has 1 amide bonds. The topological polar surface area (TPSA) is 64.0 Å². The highest BCUT2D eigenvalue weighted by Crippen LogP contribution is 2.34. The van der Waals surface area contributed by atoms with Gasteiger partial charge in [0, 0.05) is 28.0 Å². The summed E-state index contributed by atoms with van der Waals surface area (Å²) < 4.78 is 1.68. The van der Waals surface area contributed by atoms with E-state index in [4.69, 9.17) is 28.2 Å². The van der Waals surface area contributed by atoms with Gasteiger partial charge in [0.25, 0.3) is 5.56 Å². The Hall–Kier alpha value is -1.54. The number of nitrogens with zero attached hydrogens (tertiary/aromatic N) is 2. The van der Waals surface area contributed by atoms with Crippen LogP contribution in [-0.2, 0) is 30.7 Å². The van der Waals surface area contributed by atoms with E-state index >= 15 is 0 Å². The Kier molecular flexibility index (Phi) is 6.72. The molecule has 1 aliphatic carbocycles. The second-order valence-corrected chi connectivity index (χ2v) is 10.0. The molecule has 30 heavy (non-hydrogen) atoms. The Labute approximate surface area is 192 Å². The van der Waals surface area contributed by atoms with Crippen molar-refractivity contribution in [3.63, 3.8) is 0 Å². The van der Waals surface area contributed by atoms with Crippen LogP contribution in [0.5, 0.6) is 0 Å². The maximum absolute atomic E-state index is 13.1. The van der Waals surface area contributed by atoms with Gasteiger partial charge >= 0.3 is 0 Å². The van der Waals surface area contributed by atoms with Crippen LogP contribution in [-0.4, -0.2) is 21.2 Å². The Morgan fingerprint density at radius 2 is 2.10 bits per heavy atom. The molecule has 0 radical (unpaired) electrons. The third-order valence-electron chi connectivity index (χ3n) is 5.18. The number of amides is 1. The molecule has 9 heteroatoms. The zero-order valence-electron chi connectivity index (χ0n) is 16.5. The van der Waals surface area contributed by atoms with Crippen molar-refractivity contribution >= 4 is 62.4 Å². The van der Waals surface area contributed by atoms with Gasteiger partial charge in [-0.05, 0) is 55.9 Å². The fourth-order valence-corrected chi connectivity index (χ4v) is 6.32. The zero-order chi connectivity index (χ0) is 21.3. The molecule has 5 nitrogen and oxygen atoms in total. The first-order valence-corrected chi connectivity index (χ1v) is 12.4. The van der Waals surface area contributed by atoms with Crippen LogP contribution in [0, 0.1) is 0 Å². The first-order valence-electron chi connectivity index (χ1n) is 9.86. The maximum Gasteiger partial charge on any atom is 0.263 e. The molecule has 1 aliphatic rings. The third kappa shape index (κ3) is 4.40. The average Bonchev–Trinajstić information content (AvgIpc) is 3.10. The van der Waals surface area contributed by atoms with Crippen molar-refractivity contribution in [1.29, 1.82) is 0 Å². The first kappa shape index (κ1) is 21.7. The number of fused-ring (bicyclic) bond motifs is 3. The van der Waals surface area contributed by atoms with Crippen LogP contribution in [0.3, 0.4) is 0 Å².